The Bertz CT molecular complexity index is 591. The van der Waals surface area contributed by atoms with Crippen LogP contribution in [0.4, 0.5) is 4.79 Å². The van der Waals surface area contributed by atoms with Crippen LogP contribution < -0.4 is 0 Å². The van der Waals surface area contributed by atoms with Crippen LogP contribution in [-0.2, 0) is 18.3 Å². The summed E-state index contributed by atoms with van der Waals surface area (Å²) in [7, 11) is -4.83. The van der Waals surface area contributed by atoms with E-state index in [2.05, 4.69) is 11.4 Å². The van der Waals surface area contributed by atoms with Gasteiger partial charge in [0.25, 0.3) is 0 Å². The Morgan fingerprint density at radius 3 is 1.82 bits per heavy atom. The molecule has 0 aliphatic carbocycles. The van der Waals surface area contributed by atoms with Crippen molar-refractivity contribution in [2.24, 2.45) is 0 Å². The van der Waals surface area contributed by atoms with E-state index in [0.717, 1.165) is 25.7 Å². The number of ether oxygens (including phenoxy) is 1. The second kappa shape index (κ2) is 16.1. The summed E-state index contributed by atoms with van der Waals surface area (Å²) < 4.78 is 26.8. The van der Waals surface area contributed by atoms with Gasteiger partial charge in [-0.2, -0.15) is 0 Å². The van der Waals surface area contributed by atoms with E-state index in [9.17, 15) is 40.0 Å². The number of hydrogen-bond acceptors (Lipinski definition) is 10. The smallest absolute Gasteiger partial charge is 0.440 e. The molecule has 196 valence electrons. The lowest BCUT2D eigenvalue weighted by Gasteiger charge is -2.39. The van der Waals surface area contributed by atoms with Crippen molar-refractivity contribution in [2.75, 3.05) is 6.61 Å². The molecule has 0 amide bonds. The van der Waals surface area contributed by atoms with Crippen molar-refractivity contribution in [3.05, 3.63) is 0 Å². The van der Waals surface area contributed by atoms with E-state index in [0.29, 0.717) is 6.42 Å². The molecule has 7 atom stereocenters. The topological polar surface area (TPSA) is 183 Å². The molecule has 0 aromatic heterocycles. The molecule has 33 heavy (non-hydrogen) atoms. The van der Waals surface area contributed by atoms with Crippen LogP contribution in [0, 0.1) is 0 Å². The van der Waals surface area contributed by atoms with Gasteiger partial charge in [-0.25, -0.2) is 9.36 Å². The number of aliphatic hydroxyl groups excluding tert-OH is 5. The number of unbranched alkanes of at least 4 members (excludes halogenated alkanes) is 11. The summed E-state index contributed by atoms with van der Waals surface area (Å²) in [6, 6.07) is 0. The zero-order valence-electron chi connectivity index (χ0n) is 19.3. The van der Waals surface area contributed by atoms with Crippen molar-refractivity contribution in [1.82, 2.24) is 0 Å². The van der Waals surface area contributed by atoms with Gasteiger partial charge in [0.05, 0.1) is 6.61 Å². The number of carbonyl (C=O) groups is 1. The van der Waals surface area contributed by atoms with Crippen molar-refractivity contribution >= 4 is 13.3 Å². The highest BCUT2D eigenvalue weighted by atomic mass is 31.2. The summed E-state index contributed by atoms with van der Waals surface area (Å²) in [5.74, 6) is 0. The molecule has 2 unspecified atom stereocenters. The highest BCUT2D eigenvalue weighted by Crippen LogP contribution is 2.50. The van der Waals surface area contributed by atoms with Gasteiger partial charge in [0.1, 0.15) is 24.4 Å². The van der Waals surface area contributed by atoms with Crippen molar-refractivity contribution in [1.29, 1.82) is 0 Å². The fourth-order valence-electron chi connectivity index (χ4n) is 3.58. The van der Waals surface area contributed by atoms with E-state index in [4.69, 9.17) is 9.26 Å². The van der Waals surface area contributed by atoms with E-state index in [1.54, 1.807) is 0 Å². The van der Waals surface area contributed by atoms with Gasteiger partial charge in [-0.1, -0.05) is 77.6 Å². The van der Waals surface area contributed by atoms with Gasteiger partial charge in [0.2, 0.25) is 0 Å². The molecule has 1 rings (SSSR count). The molecule has 12 heteroatoms. The minimum absolute atomic E-state index is 0.175. The van der Waals surface area contributed by atoms with Crippen LogP contribution >= 0.6 is 7.60 Å². The molecule has 0 saturated carbocycles. The minimum Gasteiger partial charge on any atom is -0.472 e. The molecule has 1 aliphatic rings. The fraction of sp³-hybridized carbons (Fsp3) is 0.952. The lowest BCUT2D eigenvalue weighted by Crippen LogP contribution is -2.60. The van der Waals surface area contributed by atoms with Crippen molar-refractivity contribution < 1.29 is 53.8 Å². The monoisotopic (exact) mass is 500 g/mol. The Balaban J connectivity index is 2.29. The Morgan fingerprint density at radius 2 is 1.33 bits per heavy atom. The van der Waals surface area contributed by atoms with Crippen LogP contribution in [0.3, 0.4) is 0 Å². The minimum atomic E-state index is -4.83. The lowest BCUT2D eigenvalue weighted by atomic mass is 9.99. The van der Waals surface area contributed by atoms with Crippen LogP contribution in [0.15, 0.2) is 0 Å². The van der Waals surface area contributed by atoms with E-state index >= 15 is 0 Å². The lowest BCUT2D eigenvalue weighted by molar-refractivity contribution is -0.314. The number of carboxylic acid groups (broad SMARTS) is 1. The largest absolute Gasteiger partial charge is 0.472 e. The molecule has 1 fully saturated rings. The molecule has 0 aromatic carbocycles. The predicted molar refractivity (Wildman–Crippen MR) is 119 cm³/mol. The number of hydrogen-bond donors (Lipinski definition) is 6. The second-order valence-electron chi connectivity index (χ2n) is 8.46. The van der Waals surface area contributed by atoms with Gasteiger partial charge >= 0.3 is 13.3 Å². The van der Waals surface area contributed by atoms with Crippen molar-refractivity contribution in [2.45, 2.75) is 121 Å². The molecule has 0 spiro atoms. The first-order valence-corrected chi connectivity index (χ1v) is 13.4. The first kappa shape index (κ1) is 30.4. The Labute approximate surface area is 195 Å². The Kier molecular flexibility index (Phi) is 14.9. The fourth-order valence-corrected chi connectivity index (χ4v) is 4.62. The molecule has 1 aliphatic heterocycles. The average Bonchev–Trinajstić information content (AvgIpc) is 2.77. The van der Waals surface area contributed by atoms with Gasteiger partial charge in [0.15, 0.2) is 12.6 Å². The zero-order chi connectivity index (χ0) is 24.9. The summed E-state index contributed by atoms with van der Waals surface area (Å²) in [6.07, 6.45) is 1.32. The predicted octanol–water partition coefficient (Wildman–Crippen LogP) is 2.71. The van der Waals surface area contributed by atoms with E-state index < -0.39 is 50.3 Å². The van der Waals surface area contributed by atoms with Crippen LogP contribution in [0.1, 0.15) is 84.0 Å². The number of rotatable bonds is 18. The molecule has 1 heterocycles. The van der Waals surface area contributed by atoms with E-state index in [1.807, 2.05) is 0 Å². The summed E-state index contributed by atoms with van der Waals surface area (Å²) in [5, 5.41) is 57.7. The normalized spacial score (nSPS) is 28.4. The van der Waals surface area contributed by atoms with Gasteiger partial charge < -0.3 is 39.9 Å². The Morgan fingerprint density at radius 1 is 0.848 bits per heavy atom. The summed E-state index contributed by atoms with van der Waals surface area (Å²) in [6.45, 7) is 2.02. The summed E-state index contributed by atoms with van der Waals surface area (Å²) in [5.41, 5.74) is -1.94. The second-order valence-corrected chi connectivity index (χ2v) is 10.3. The van der Waals surface area contributed by atoms with Crippen LogP contribution in [0.25, 0.3) is 0 Å². The third-order valence-electron chi connectivity index (χ3n) is 5.65. The highest BCUT2D eigenvalue weighted by Gasteiger charge is 2.49. The van der Waals surface area contributed by atoms with Gasteiger partial charge in [-0.05, 0) is 6.42 Å². The van der Waals surface area contributed by atoms with Crippen LogP contribution in [0.5, 0.6) is 0 Å². The zero-order valence-corrected chi connectivity index (χ0v) is 20.2. The third kappa shape index (κ3) is 10.7. The highest BCUT2D eigenvalue weighted by molar-refractivity contribution is 7.71. The van der Waals surface area contributed by atoms with Crippen LogP contribution in [0.2, 0.25) is 0 Å². The Hall–Kier alpha value is -0.620. The van der Waals surface area contributed by atoms with Gasteiger partial charge in [0, 0.05) is 0 Å². The maximum atomic E-state index is 12.5. The molecule has 1 saturated heterocycles. The standard InChI is InChI=1S/C21H41O11P/c1-2-3-4-5-6-7-8-9-10-11-12-13-14-30-33(29,21(27)28)32-20(26)18-16(23)15(22)17(24)19(25)31-18/h15-20,22-26H,2-14H2,1H3,(H,27,28)/t15-,16-,17+,18-,19-,20?,33?/m0/s1. The third-order valence-corrected chi connectivity index (χ3v) is 7.13. The van der Waals surface area contributed by atoms with Gasteiger partial charge in [-0.15, -0.1) is 0 Å². The maximum absolute atomic E-state index is 12.5. The van der Waals surface area contributed by atoms with E-state index in [-0.39, 0.29) is 6.61 Å². The summed E-state index contributed by atoms with van der Waals surface area (Å²) >= 11 is 0. The van der Waals surface area contributed by atoms with E-state index in [1.165, 1.54) is 44.9 Å². The van der Waals surface area contributed by atoms with Gasteiger partial charge in [-0.3, -0.25) is 4.52 Å². The first-order chi connectivity index (χ1) is 15.6. The molecule has 11 nitrogen and oxygen atoms in total. The van der Waals surface area contributed by atoms with Crippen LogP contribution in [-0.4, -0.2) is 80.0 Å². The summed E-state index contributed by atoms with van der Waals surface area (Å²) in [4.78, 5) is 11.4. The molecule has 6 N–H and O–H groups in total. The molecule has 0 aromatic rings. The quantitative estimate of drug-likeness (QED) is 0.0924. The molecule has 0 radical (unpaired) electrons. The SMILES string of the molecule is CCCCCCCCCCCCCCOP(=O)(OC(O)[C@H]1O[C@H](O)[C@H](O)[C@@H](O)[C@@H]1O)C(=O)O. The number of aliphatic hydroxyl groups is 5. The molecular weight excluding hydrogens is 459 g/mol. The maximum Gasteiger partial charge on any atom is 0.440 e. The molecular formula is C21H41O11P. The molecule has 0 bridgehead atoms. The van der Waals surface area contributed by atoms with Crippen molar-refractivity contribution in [3.63, 3.8) is 0 Å². The average molecular weight is 501 g/mol. The van der Waals surface area contributed by atoms with Crippen molar-refractivity contribution in [3.8, 4) is 0 Å². The first-order valence-electron chi connectivity index (χ1n) is 11.9.